The van der Waals surface area contributed by atoms with Crippen LogP contribution in [0.5, 0.6) is 0 Å². The largest absolute Gasteiger partial charge is 0.390 e. The van der Waals surface area contributed by atoms with Crippen molar-refractivity contribution in [1.82, 2.24) is 5.32 Å². The van der Waals surface area contributed by atoms with Crippen LogP contribution in [0.4, 0.5) is 0 Å². The van der Waals surface area contributed by atoms with E-state index in [1.807, 2.05) is 13.8 Å². The van der Waals surface area contributed by atoms with E-state index in [0.29, 0.717) is 12.8 Å². The highest BCUT2D eigenvalue weighted by molar-refractivity contribution is 7.96. The molecule has 0 aromatic heterocycles. The fraction of sp³-hybridized carbons (Fsp3) is 0.846. The van der Waals surface area contributed by atoms with E-state index in [9.17, 15) is 19.8 Å². The number of carbonyl (C=O) groups is 2. The summed E-state index contributed by atoms with van der Waals surface area (Å²) < 4.78 is 0. The Morgan fingerprint density at radius 1 is 1.53 bits per heavy atom. The van der Waals surface area contributed by atoms with Gasteiger partial charge in [-0.15, -0.1) is 12.6 Å². The van der Waals surface area contributed by atoms with Crippen molar-refractivity contribution in [2.75, 3.05) is 0 Å². The van der Waals surface area contributed by atoms with Gasteiger partial charge in [-0.1, -0.05) is 20.8 Å². The molecule has 0 aliphatic carbocycles. The van der Waals surface area contributed by atoms with Crippen molar-refractivity contribution in [2.45, 2.75) is 57.8 Å². The molecule has 110 valence electrons. The van der Waals surface area contributed by atoms with E-state index < -0.39 is 23.7 Å². The molecule has 4 unspecified atom stereocenters. The predicted octanol–water partition coefficient (Wildman–Crippen LogP) is 0.496. The standard InChI is InChI=1S/C13H23NO4S/c1-7(2)10(16)13(6-4-5-9(15)19)11(17)8(3)12(18)14-13/h7-8,10-11,16-17H,4-6H2,1-3H3,(H,14,18)(H,15,19). The normalized spacial score (nSPS) is 32.5. The van der Waals surface area contributed by atoms with Gasteiger partial charge in [0.2, 0.25) is 5.91 Å². The molecule has 1 rings (SSSR count). The van der Waals surface area contributed by atoms with Gasteiger partial charge in [0.25, 0.3) is 0 Å². The second kappa shape index (κ2) is 6.24. The van der Waals surface area contributed by atoms with Gasteiger partial charge < -0.3 is 15.5 Å². The zero-order chi connectivity index (χ0) is 14.8. The Morgan fingerprint density at radius 2 is 2.11 bits per heavy atom. The first-order valence-electron chi connectivity index (χ1n) is 6.62. The summed E-state index contributed by atoms with van der Waals surface area (Å²) in [6.07, 6.45) is -0.725. The van der Waals surface area contributed by atoms with Gasteiger partial charge in [0, 0.05) is 6.42 Å². The SMILES string of the molecule is CC(C)C(O)C1(CCCC(=O)S)NC(=O)C(C)C1O. The highest BCUT2D eigenvalue weighted by Gasteiger charge is 2.54. The summed E-state index contributed by atoms with van der Waals surface area (Å²) in [5, 5.41) is 23.2. The van der Waals surface area contributed by atoms with Crippen LogP contribution in [-0.2, 0) is 9.59 Å². The molecule has 1 saturated heterocycles. The number of aliphatic hydroxyl groups is 2. The van der Waals surface area contributed by atoms with Gasteiger partial charge in [0.15, 0.2) is 5.12 Å². The average Bonchev–Trinajstić information content (AvgIpc) is 2.53. The van der Waals surface area contributed by atoms with Crippen LogP contribution in [0.2, 0.25) is 0 Å². The monoisotopic (exact) mass is 289 g/mol. The first-order valence-corrected chi connectivity index (χ1v) is 7.07. The summed E-state index contributed by atoms with van der Waals surface area (Å²) in [6.45, 7) is 5.30. The Labute approximate surface area is 119 Å². The molecule has 0 saturated carbocycles. The smallest absolute Gasteiger partial charge is 0.226 e. The third kappa shape index (κ3) is 3.30. The van der Waals surface area contributed by atoms with Crippen molar-refractivity contribution in [3.8, 4) is 0 Å². The molecule has 19 heavy (non-hydrogen) atoms. The highest BCUT2D eigenvalue weighted by atomic mass is 32.1. The number of amides is 1. The Hall–Kier alpha value is -0.590. The van der Waals surface area contributed by atoms with Crippen LogP contribution < -0.4 is 5.32 Å². The minimum atomic E-state index is -1.06. The van der Waals surface area contributed by atoms with E-state index in [2.05, 4.69) is 17.9 Å². The molecule has 1 fully saturated rings. The van der Waals surface area contributed by atoms with E-state index >= 15 is 0 Å². The van der Waals surface area contributed by atoms with Crippen LogP contribution in [-0.4, -0.2) is 39.0 Å². The number of rotatable bonds is 6. The van der Waals surface area contributed by atoms with Crippen molar-refractivity contribution < 1.29 is 19.8 Å². The lowest BCUT2D eigenvalue weighted by molar-refractivity contribution is -0.123. The number of aliphatic hydroxyl groups excluding tert-OH is 2. The first kappa shape index (κ1) is 16.5. The summed E-state index contributed by atoms with van der Waals surface area (Å²) >= 11 is 3.70. The molecule has 4 atom stereocenters. The summed E-state index contributed by atoms with van der Waals surface area (Å²) in [5.74, 6) is -0.920. The Balaban J connectivity index is 2.92. The average molecular weight is 289 g/mol. The van der Waals surface area contributed by atoms with E-state index in [4.69, 9.17) is 0 Å². The second-order valence-electron chi connectivity index (χ2n) is 5.70. The van der Waals surface area contributed by atoms with Crippen LogP contribution in [0.1, 0.15) is 40.0 Å². The maximum atomic E-state index is 11.8. The second-order valence-corrected chi connectivity index (χ2v) is 6.20. The molecule has 6 heteroatoms. The molecule has 5 nitrogen and oxygen atoms in total. The summed E-state index contributed by atoms with van der Waals surface area (Å²) in [7, 11) is 0. The molecule has 0 aromatic rings. The maximum absolute atomic E-state index is 11.8. The summed E-state index contributed by atoms with van der Waals surface area (Å²) in [6, 6.07) is 0. The van der Waals surface area contributed by atoms with Crippen molar-refractivity contribution in [2.24, 2.45) is 11.8 Å². The fourth-order valence-corrected chi connectivity index (χ4v) is 2.90. The molecule has 1 amide bonds. The molecule has 1 heterocycles. The van der Waals surface area contributed by atoms with Crippen molar-refractivity contribution in [3.05, 3.63) is 0 Å². The lowest BCUT2D eigenvalue weighted by atomic mass is 9.77. The summed E-state index contributed by atoms with van der Waals surface area (Å²) in [4.78, 5) is 22.6. The van der Waals surface area contributed by atoms with Crippen LogP contribution in [0, 0.1) is 11.8 Å². The van der Waals surface area contributed by atoms with Crippen LogP contribution in [0.3, 0.4) is 0 Å². The molecule has 0 spiro atoms. The number of hydrogen-bond acceptors (Lipinski definition) is 4. The number of carbonyl (C=O) groups excluding carboxylic acids is 2. The lowest BCUT2D eigenvalue weighted by Gasteiger charge is -2.39. The molecule has 0 bridgehead atoms. The van der Waals surface area contributed by atoms with E-state index in [1.165, 1.54) is 0 Å². The Morgan fingerprint density at radius 3 is 2.47 bits per heavy atom. The van der Waals surface area contributed by atoms with E-state index in [1.54, 1.807) is 6.92 Å². The third-order valence-electron chi connectivity index (χ3n) is 3.91. The summed E-state index contributed by atoms with van der Waals surface area (Å²) in [5.41, 5.74) is -1.06. The first-order chi connectivity index (χ1) is 8.72. The molecule has 3 N–H and O–H groups in total. The zero-order valence-corrected chi connectivity index (χ0v) is 12.5. The molecular weight excluding hydrogens is 266 g/mol. The Bertz CT molecular complexity index is 361. The maximum Gasteiger partial charge on any atom is 0.226 e. The van der Waals surface area contributed by atoms with E-state index in [0.717, 1.165) is 0 Å². The number of hydrogen-bond donors (Lipinski definition) is 4. The van der Waals surface area contributed by atoms with Crippen LogP contribution in [0.25, 0.3) is 0 Å². The van der Waals surface area contributed by atoms with Gasteiger partial charge >= 0.3 is 0 Å². The third-order valence-corrected chi connectivity index (χ3v) is 4.13. The topological polar surface area (TPSA) is 86.6 Å². The van der Waals surface area contributed by atoms with Gasteiger partial charge in [-0.05, 0) is 18.8 Å². The van der Waals surface area contributed by atoms with Crippen molar-refractivity contribution in [1.29, 1.82) is 0 Å². The zero-order valence-electron chi connectivity index (χ0n) is 11.6. The van der Waals surface area contributed by atoms with E-state index in [-0.39, 0.29) is 23.4 Å². The Kier molecular flexibility index (Phi) is 5.41. The van der Waals surface area contributed by atoms with Gasteiger partial charge in [-0.3, -0.25) is 9.59 Å². The molecule has 1 aliphatic rings. The van der Waals surface area contributed by atoms with Gasteiger partial charge in [-0.2, -0.15) is 0 Å². The number of thiol groups is 1. The van der Waals surface area contributed by atoms with Gasteiger partial charge in [0.05, 0.1) is 23.7 Å². The van der Waals surface area contributed by atoms with Crippen LogP contribution in [0.15, 0.2) is 0 Å². The number of nitrogens with one attached hydrogen (secondary N) is 1. The highest BCUT2D eigenvalue weighted by Crippen LogP contribution is 2.36. The molecule has 1 aliphatic heterocycles. The van der Waals surface area contributed by atoms with Crippen LogP contribution >= 0.6 is 12.6 Å². The van der Waals surface area contributed by atoms with Gasteiger partial charge in [0.1, 0.15) is 0 Å². The fourth-order valence-electron chi connectivity index (χ4n) is 2.74. The minimum Gasteiger partial charge on any atom is -0.390 e. The lowest BCUT2D eigenvalue weighted by Crippen LogP contribution is -2.59. The van der Waals surface area contributed by atoms with Crippen molar-refractivity contribution in [3.63, 3.8) is 0 Å². The molecule has 0 radical (unpaired) electrons. The quantitative estimate of drug-likeness (QED) is 0.536. The predicted molar refractivity (Wildman–Crippen MR) is 74.7 cm³/mol. The minimum absolute atomic E-state index is 0.105. The van der Waals surface area contributed by atoms with Crippen molar-refractivity contribution >= 4 is 23.7 Å². The van der Waals surface area contributed by atoms with Gasteiger partial charge in [-0.25, -0.2) is 0 Å². The molecule has 0 aromatic carbocycles. The molecular formula is C13H23NO4S.